The van der Waals surface area contributed by atoms with Crippen molar-refractivity contribution in [2.75, 3.05) is 7.11 Å². The van der Waals surface area contributed by atoms with Crippen molar-refractivity contribution in [1.82, 2.24) is 0 Å². The van der Waals surface area contributed by atoms with Crippen molar-refractivity contribution >= 4 is 5.97 Å². The van der Waals surface area contributed by atoms with E-state index in [1.54, 1.807) is 0 Å². The summed E-state index contributed by atoms with van der Waals surface area (Å²) in [5.41, 5.74) is 0. The van der Waals surface area contributed by atoms with E-state index >= 15 is 0 Å². The molecule has 26 heavy (non-hydrogen) atoms. The Balaban J connectivity index is 1.94. The fraction of sp³-hybridized carbons (Fsp3) is 0.522. The van der Waals surface area contributed by atoms with E-state index < -0.39 is 0 Å². The average Bonchev–Trinajstić information content (AvgIpc) is 3.41. The van der Waals surface area contributed by atoms with E-state index in [2.05, 4.69) is 72.4 Å². The summed E-state index contributed by atoms with van der Waals surface area (Å²) in [6.07, 6.45) is 29.7. The highest BCUT2D eigenvalue weighted by Gasteiger charge is 2.37. The van der Waals surface area contributed by atoms with Gasteiger partial charge in [0.2, 0.25) is 0 Å². The molecule has 0 N–H and O–H groups in total. The van der Waals surface area contributed by atoms with E-state index in [0.29, 0.717) is 6.42 Å². The largest absolute Gasteiger partial charge is 0.469 e. The number of hydrogen-bond donors (Lipinski definition) is 0. The van der Waals surface area contributed by atoms with Gasteiger partial charge in [-0.25, -0.2) is 0 Å². The Bertz CT molecular complexity index is 512. The number of carbonyl (C=O) groups excluding carboxylic acids is 1. The van der Waals surface area contributed by atoms with Crippen molar-refractivity contribution < 1.29 is 14.3 Å². The lowest BCUT2D eigenvalue weighted by Crippen LogP contribution is -2.03. The fourth-order valence-electron chi connectivity index (χ4n) is 2.48. The fourth-order valence-corrected chi connectivity index (χ4v) is 2.48. The molecule has 3 nitrogen and oxygen atoms in total. The summed E-state index contributed by atoms with van der Waals surface area (Å²) in [5.74, 6) is -0.158. The van der Waals surface area contributed by atoms with Crippen molar-refractivity contribution in [3.63, 3.8) is 0 Å². The minimum atomic E-state index is -0.158. The molecule has 0 aliphatic carbocycles. The summed E-state index contributed by atoms with van der Waals surface area (Å²) in [4.78, 5) is 11.0. The van der Waals surface area contributed by atoms with Crippen molar-refractivity contribution in [3.05, 3.63) is 60.8 Å². The normalized spacial score (nSPS) is 20.4. The maximum atomic E-state index is 11.0. The monoisotopic (exact) mass is 358 g/mol. The van der Waals surface area contributed by atoms with Crippen molar-refractivity contribution in [3.8, 4) is 0 Å². The van der Waals surface area contributed by atoms with Crippen LogP contribution in [0.2, 0.25) is 0 Å². The molecule has 1 aliphatic rings. The van der Waals surface area contributed by atoms with Crippen molar-refractivity contribution in [2.24, 2.45) is 0 Å². The van der Waals surface area contributed by atoms with Gasteiger partial charge in [0.15, 0.2) is 0 Å². The molecule has 0 aromatic rings. The highest BCUT2D eigenvalue weighted by molar-refractivity contribution is 5.69. The second-order valence-electron chi connectivity index (χ2n) is 6.27. The van der Waals surface area contributed by atoms with E-state index in [0.717, 1.165) is 44.9 Å². The smallest absolute Gasteiger partial charge is 0.305 e. The molecule has 0 radical (unpaired) electrons. The van der Waals surface area contributed by atoms with Gasteiger partial charge in [0, 0.05) is 6.42 Å². The van der Waals surface area contributed by atoms with Gasteiger partial charge in [-0.3, -0.25) is 4.79 Å². The SMILES string of the molecule is CCC=CCC=CCC=CCC=CCC=CC[C@H]1O[C@H]1CCC(=O)OC. The predicted octanol–water partition coefficient (Wildman–Crippen LogP) is 5.85. The number of esters is 1. The van der Waals surface area contributed by atoms with Gasteiger partial charge in [-0.2, -0.15) is 0 Å². The minimum Gasteiger partial charge on any atom is -0.469 e. The summed E-state index contributed by atoms with van der Waals surface area (Å²) in [5, 5.41) is 0. The first-order valence-electron chi connectivity index (χ1n) is 9.75. The molecule has 1 saturated heterocycles. The van der Waals surface area contributed by atoms with Gasteiger partial charge >= 0.3 is 5.97 Å². The first-order valence-corrected chi connectivity index (χ1v) is 9.75. The summed E-state index contributed by atoms with van der Waals surface area (Å²) in [6, 6.07) is 0. The van der Waals surface area contributed by atoms with Crippen LogP contribution in [-0.4, -0.2) is 25.3 Å². The molecule has 1 aliphatic heterocycles. The number of hydrogen-bond acceptors (Lipinski definition) is 3. The molecule has 0 amide bonds. The molecular weight excluding hydrogens is 324 g/mol. The predicted molar refractivity (Wildman–Crippen MR) is 109 cm³/mol. The highest BCUT2D eigenvalue weighted by atomic mass is 16.6. The van der Waals surface area contributed by atoms with Gasteiger partial charge in [0.05, 0.1) is 19.3 Å². The van der Waals surface area contributed by atoms with Crippen LogP contribution in [0.5, 0.6) is 0 Å². The van der Waals surface area contributed by atoms with E-state index in [9.17, 15) is 4.79 Å². The second kappa shape index (κ2) is 15.4. The van der Waals surface area contributed by atoms with Gasteiger partial charge in [-0.1, -0.05) is 67.7 Å². The van der Waals surface area contributed by atoms with Crippen LogP contribution in [-0.2, 0) is 14.3 Å². The van der Waals surface area contributed by atoms with Crippen molar-refractivity contribution in [2.45, 2.75) is 70.5 Å². The van der Waals surface area contributed by atoms with Gasteiger partial charge in [0.25, 0.3) is 0 Å². The Labute approximate surface area is 159 Å². The number of rotatable bonds is 14. The van der Waals surface area contributed by atoms with E-state index in [1.165, 1.54) is 7.11 Å². The van der Waals surface area contributed by atoms with E-state index in [-0.39, 0.29) is 18.2 Å². The Kier molecular flexibility index (Phi) is 13.1. The molecule has 2 atom stereocenters. The van der Waals surface area contributed by atoms with Crippen LogP contribution in [0.3, 0.4) is 0 Å². The van der Waals surface area contributed by atoms with Crippen LogP contribution in [0, 0.1) is 0 Å². The minimum absolute atomic E-state index is 0.158. The lowest BCUT2D eigenvalue weighted by atomic mass is 10.1. The summed E-state index contributed by atoms with van der Waals surface area (Å²) >= 11 is 0. The van der Waals surface area contributed by atoms with Gasteiger partial charge < -0.3 is 9.47 Å². The number of allylic oxidation sites excluding steroid dienone is 9. The summed E-state index contributed by atoms with van der Waals surface area (Å²) < 4.78 is 10.2. The quantitative estimate of drug-likeness (QED) is 0.222. The molecule has 0 spiro atoms. The molecule has 0 unspecified atom stereocenters. The van der Waals surface area contributed by atoms with Gasteiger partial charge in [0.1, 0.15) is 0 Å². The Morgan fingerprint density at radius 2 is 1.31 bits per heavy atom. The molecule has 1 rings (SSSR count). The Morgan fingerprint density at radius 1 is 0.808 bits per heavy atom. The summed E-state index contributed by atoms with van der Waals surface area (Å²) in [6.45, 7) is 2.15. The number of epoxide rings is 1. The molecule has 1 heterocycles. The van der Waals surface area contributed by atoms with Crippen LogP contribution >= 0.6 is 0 Å². The third kappa shape index (κ3) is 12.5. The van der Waals surface area contributed by atoms with Crippen LogP contribution < -0.4 is 0 Å². The third-order valence-electron chi connectivity index (χ3n) is 4.07. The zero-order valence-electron chi connectivity index (χ0n) is 16.3. The maximum absolute atomic E-state index is 11.0. The zero-order valence-corrected chi connectivity index (χ0v) is 16.3. The molecule has 144 valence electrons. The lowest BCUT2D eigenvalue weighted by Gasteiger charge is -1.95. The lowest BCUT2D eigenvalue weighted by molar-refractivity contribution is -0.140. The molecule has 3 heteroatoms. The molecule has 1 fully saturated rings. The third-order valence-corrected chi connectivity index (χ3v) is 4.07. The molecule has 0 aromatic heterocycles. The number of methoxy groups -OCH3 is 1. The Morgan fingerprint density at radius 3 is 1.81 bits per heavy atom. The van der Waals surface area contributed by atoms with Crippen LogP contribution in [0.1, 0.15) is 58.3 Å². The average molecular weight is 359 g/mol. The maximum Gasteiger partial charge on any atom is 0.305 e. The highest BCUT2D eigenvalue weighted by Crippen LogP contribution is 2.29. The molecular formula is C23H34O3. The standard InChI is InChI=1S/C23H34O3/c1-3-4-5-6-7-8-9-10-11-12-13-14-15-16-17-18-21-22(26-21)19-20-23(24)25-2/h4-5,7-8,10-11,13-14,16-17,21-22H,3,6,9,12,15,18-20H2,1-2H3/t21-,22+/m1/s1. The first-order chi connectivity index (χ1) is 12.8. The van der Waals surface area contributed by atoms with Gasteiger partial charge in [-0.15, -0.1) is 0 Å². The summed E-state index contributed by atoms with van der Waals surface area (Å²) in [7, 11) is 1.42. The number of carbonyl (C=O) groups is 1. The van der Waals surface area contributed by atoms with E-state index in [1.807, 2.05) is 0 Å². The molecule has 0 aromatic carbocycles. The molecule has 0 bridgehead atoms. The van der Waals surface area contributed by atoms with Crippen molar-refractivity contribution in [1.29, 1.82) is 0 Å². The first kappa shape index (κ1) is 22.2. The van der Waals surface area contributed by atoms with Crippen LogP contribution in [0.4, 0.5) is 0 Å². The van der Waals surface area contributed by atoms with Crippen LogP contribution in [0.25, 0.3) is 0 Å². The van der Waals surface area contributed by atoms with Crippen LogP contribution in [0.15, 0.2) is 60.8 Å². The topological polar surface area (TPSA) is 38.8 Å². The van der Waals surface area contributed by atoms with E-state index in [4.69, 9.17) is 4.74 Å². The Hall–Kier alpha value is -1.87. The second-order valence-corrected chi connectivity index (χ2v) is 6.27. The zero-order chi connectivity index (χ0) is 18.9. The molecule has 0 saturated carbocycles. The van der Waals surface area contributed by atoms with Gasteiger partial charge in [-0.05, 0) is 44.9 Å². The number of ether oxygens (including phenoxy) is 2.